The van der Waals surface area contributed by atoms with Gasteiger partial charge in [-0.15, -0.1) is 13.2 Å². The molecule has 0 bridgehead atoms. The van der Waals surface area contributed by atoms with Gasteiger partial charge >= 0.3 is 6.36 Å². The summed E-state index contributed by atoms with van der Waals surface area (Å²) in [5, 5.41) is 8.43. The molecule has 1 aromatic heterocycles. The first-order valence-electron chi connectivity index (χ1n) is 6.91. The number of ether oxygens (including phenoxy) is 1. The van der Waals surface area contributed by atoms with Crippen LogP contribution in [0.5, 0.6) is 5.75 Å². The lowest BCUT2D eigenvalue weighted by Gasteiger charge is -2.10. The fourth-order valence-electron chi connectivity index (χ4n) is 2.29. The summed E-state index contributed by atoms with van der Waals surface area (Å²) in [7, 11) is 1.88. The molecule has 0 saturated carbocycles. The first-order valence-corrected chi connectivity index (χ1v) is 6.91. The number of benzene rings is 2. The maximum absolute atomic E-state index is 12.1. The molecule has 4 nitrogen and oxygen atoms in total. The molecule has 0 spiro atoms. The Morgan fingerprint density at radius 1 is 1.13 bits per heavy atom. The van der Waals surface area contributed by atoms with Gasteiger partial charge in [0.25, 0.3) is 0 Å². The number of aryl methyl sites for hydroxylation is 1. The van der Waals surface area contributed by atoms with Crippen LogP contribution in [0.2, 0.25) is 0 Å². The first-order chi connectivity index (χ1) is 10.9. The van der Waals surface area contributed by atoms with Gasteiger partial charge in [0.1, 0.15) is 5.75 Å². The first kappa shape index (κ1) is 15.2. The third kappa shape index (κ3) is 3.74. The molecule has 3 rings (SSSR count). The molecular weight excluding hydrogens is 307 g/mol. The van der Waals surface area contributed by atoms with E-state index < -0.39 is 6.36 Å². The molecular formula is C16H14F3N3O. The Kier molecular flexibility index (Phi) is 3.85. The minimum Gasteiger partial charge on any atom is -0.406 e. The van der Waals surface area contributed by atoms with Crippen LogP contribution in [-0.4, -0.2) is 16.1 Å². The normalized spacial score (nSPS) is 11.7. The Labute approximate surface area is 130 Å². The number of rotatable bonds is 4. The average molecular weight is 321 g/mol. The second kappa shape index (κ2) is 5.83. The average Bonchev–Trinajstić information content (AvgIpc) is 2.86. The molecule has 0 saturated heterocycles. The van der Waals surface area contributed by atoms with Crippen LogP contribution in [0.3, 0.4) is 0 Å². The summed E-state index contributed by atoms with van der Waals surface area (Å²) in [4.78, 5) is 0. The van der Waals surface area contributed by atoms with Gasteiger partial charge < -0.3 is 10.1 Å². The van der Waals surface area contributed by atoms with Crippen molar-refractivity contribution in [1.29, 1.82) is 0 Å². The predicted molar refractivity (Wildman–Crippen MR) is 81.2 cm³/mol. The molecule has 0 fully saturated rings. The summed E-state index contributed by atoms with van der Waals surface area (Å²) in [6, 6.07) is 11.7. The SMILES string of the molecule is Cn1ncc2cc(NCc3ccc(OC(F)(F)F)cc3)ccc21. The summed E-state index contributed by atoms with van der Waals surface area (Å²) in [6.45, 7) is 0.498. The largest absolute Gasteiger partial charge is 0.573 e. The second-order valence-corrected chi connectivity index (χ2v) is 5.09. The van der Waals surface area contributed by atoms with E-state index in [9.17, 15) is 13.2 Å². The smallest absolute Gasteiger partial charge is 0.406 e. The highest BCUT2D eigenvalue weighted by molar-refractivity contribution is 5.82. The summed E-state index contributed by atoms with van der Waals surface area (Å²) >= 11 is 0. The molecule has 2 aromatic carbocycles. The Morgan fingerprint density at radius 2 is 1.87 bits per heavy atom. The van der Waals surface area contributed by atoms with E-state index in [4.69, 9.17) is 0 Å². The van der Waals surface area contributed by atoms with Gasteiger partial charge in [-0.1, -0.05) is 12.1 Å². The molecule has 23 heavy (non-hydrogen) atoms. The maximum Gasteiger partial charge on any atom is 0.573 e. The van der Waals surface area contributed by atoms with E-state index in [1.54, 1.807) is 23.0 Å². The molecule has 3 aromatic rings. The highest BCUT2D eigenvalue weighted by Gasteiger charge is 2.30. The van der Waals surface area contributed by atoms with Crippen LogP contribution in [-0.2, 0) is 13.6 Å². The number of anilines is 1. The van der Waals surface area contributed by atoms with Crippen molar-refractivity contribution in [2.45, 2.75) is 12.9 Å². The maximum atomic E-state index is 12.1. The lowest BCUT2D eigenvalue weighted by molar-refractivity contribution is -0.274. The topological polar surface area (TPSA) is 39.1 Å². The zero-order chi connectivity index (χ0) is 16.4. The van der Waals surface area contributed by atoms with Crippen LogP contribution >= 0.6 is 0 Å². The third-order valence-corrected chi connectivity index (χ3v) is 3.40. The number of nitrogens with zero attached hydrogens (tertiary/aromatic N) is 2. The third-order valence-electron chi connectivity index (χ3n) is 3.40. The number of hydrogen-bond donors (Lipinski definition) is 1. The lowest BCUT2D eigenvalue weighted by atomic mass is 10.2. The van der Waals surface area contributed by atoms with Crippen molar-refractivity contribution in [1.82, 2.24) is 9.78 Å². The summed E-state index contributed by atoms with van der Waals surface area (Å²) < 4.78 is 41.9. The number of halogens is 3. The Hall–Kier alpha value is -2.70. The Balaban J connectivity index is 1.65. The van der Waals surface area contributed by atoms with E-state index >= 15 is 0 Å². The van der Waals surface area contributed by atoms with E-state index in [0.717, 1.165) is 22.2 Å². The van der Waals surface area contributed by atoms with Crippen LogP contribution in [0, 0.1) is 0 Å². The van der Waals surface area contributed by atoms with Gasteiger partial charge in [-0.25, -0.2) is 0 Å². The second-order valence-electron chi connectivity index (χ2n) is 5.09. The number of alkyl halides is 3. The summed E-state index contributed by atoms with van der Waals surface area (Å²) in [6.07, 6.45) is -2.89. The fraction of sp³-hybridized carbons (Fsp3) is 0.188. The van der Waals surface area contributed by atoms with Crippen LogP contribution < -0.4 is 10.1 Å². The van der Waals surface area contributed by atoms with Gasteiger partial charge in [-0.2, -0.15) is 5.10 Å². The van der Waals surface area contributed by atoms with Gasteiger partial charge in [0, 0.05) is 24.7 Å². The van der Waals surface area contributed by atoms with Gasteiger partial charge in [0.15, 0.2) is 0 Å². The summed E-state index contributed by atoms with van der Waals surface area (Å²) in [5.41, 5.74) is 2.80. The highest BCUT2D eigenvalue weighted by Crippen LogP contribution is 2.23. The minimum atomic E-state index is -4.67. The van der Waals surface area contributed by atoms with Crippen molar-refractivity contribution < 1.29 is 17.9 Å². The van der Waals surface area contributed by atoms with Crippen LogP contribution in [0.15, 0.2) is 48.7 Å². The molecule has 0 radical (unpaired) electrons. The molecule has 7 heteroatoms. The van der Waals surface area contributed by atoms with Gasteiger partial charge in [0.2, 0.25) is 0 Å². The van der Waals surface area contributed by atoms with E-state index in [1.165, 1.54) is 12.1 Å². The van der Waals surface area contributed by atoms with Crippen LogP contribution in [0.4, 0.5) is 18.9 Å². The van der Waals surface area contributed by atoms with Crippen LogP contribution in [0.25, 0.3) is 10.9 Å². The van der Waals surface area contributed by atoms with E-state index in [2.05, 4.69) is 15.2 Å². The van der Waals surface area contributed by atoms with E-state index in [1.807, 2.05) is 25.2 Å². The summed E-state index contributed by atoms with van der Waals surface area (Å²) in [5.74, 6) is -0.224. The van der Waals surface area contributed by atoms with Crippen LogP contribution in [0.1, 0.15) is 5.56 Å². The zero-order valence-electron chi connectivity index (χ0n) is 12.3. The predicted octanol–water partition coefficient (Wildman–Crippen LogP) is 4.08. The molecule has 0 amide bonds. The standard InChI is InChI=1S/C16H14F3N3O/c1-22-15-7-4-13(8-12(15)10-21-22)20-9-11-2-5-14(6-3-11)23-16(17,18)19/h2-8,10,20H,9H2,1H3. The van der Waals surface area contributed by atoms with Gasteiger partial charge in [0.05, 0.1) is 11.7 Å². The van der Waals surface area contributed by atoms with Crippen molar-refractivity contribution in [2.75, 3.05) is 5.32 Å². The van der Waals surface area contributed by atoms with Gasteiger partial charge in [-0.05, 0) is 35.9 Å². The van der Waals surface area contributed by atoms with Crippen molar-refractivity contribution in [3.8, 4) is 5.75 Å². The molecule has 0 unspecified atom stereocenters. The quantitative estimate of drug-likeness (QED) is 0.787. The van der Waals surface area contributed by atoms with Gasteiger partial charge in [-0.3, -0.25) is 4.68 Å². The molecule has 1 N–H and O–H groups in total. The lowest BCUT2D eigenvalue weighted by Crippen LogP contribution is -2.17. The Bertz CT molecular complexity index is 810. The monoisotopic (exact) mass is 321 g/mol. The van der Waals surface area contributed by atoms with E-state index in [0.29, 0.717) is 6.54 Å². The fourth-order valence-corrected chi connectivity index (χ4v) is 2.29. The highest BCUT2D eigenvalue weighted by atomic mass is 19.4. The van der Waals surface area contributed by atoms with Crippen molar-refractivity contribution in [3.63, 3.8) is 0 Å². The Morgan fingerprint density at radius 3 is 2.57 bits per heavy atom. The zero-order valence-corrected chi connectivity index (χ0v) is 12.3. The van der Waals surface area contributed by atoms with Crippen molar-refractivity contribution >= 4 is 16.6 Å². The number of fused-ring (bicyclic) bond motifs is 1. The van der Waals surface area contributed by atoms with Crippen molar-refractivity contribution in [3.05, 3.63) is 54.2 Å². The van der Waals surface area contributed by atoms with Crippen molar-refractivity contribution in [2.24, 2.45) is 7.05 Å². The van der Waals surface area contributed by atoms with E-state index in [-0.39, 0.29) is 5.75 Å². The number of hydrogen-bond acceptors (Lipinski definition) is 3. The number of nitrogens with one attached hydrogen (secondary N) is 1. The minimum absolute atomic E-state index is 0.224. The molecule has 0 aliphatic heterocycles. The molecule has 1 heterocycles. The number of aromatic nitrogens is 2. The molecule has 0 aliphatic rings. The molecule has 0 aliphatic carbocycles. The molecule has 120 valence electrons. The molecule has 0 atom stereocenters.